The molecule has 0 aliphatic carbocycles. The molecule has 6 heteroatoms. The maximum Gasteiger partial charge on any atom is 0.257 e. The molecule has 1 fully saturated rings. The average molecular weight is 391 g/mol. The highest BCUT2D eigenvalue weighted by Crippen LogP contribution is 2.24. The summed E-state index contributed by atoms with van der Waals surface area (Å²) in [6.45, 7) is 8.18. The molecule has 2 aromatic heterocycles. The molecule has 0 bridgehead atoms. The third-order valence-electron chi connectivity index (χ3n) is 5.64. The number of hydrogen-bond acceptors (Lipinski definition) is 3. The minimum Gasteiger partial charge on any atom is -0.472 e. The molecular weight excluding hydrogens is 366 g/mol. The molecule has 1 aromatic carbocycles. The molecule has 1 aliphatic rings. The molecule has 3 heterocycles. The van der Waals surface area contributed by atoms with Crippen molar-refractivity contribution in [2.75, 3.05) is 26.2 Å². The zero-order chi connectivity index (χ0) is 20.5. The number of carbonyl (C=O) groups excluding carboxylic acids is 2. The zero-order valence-corrected chi connectivity index (χ0v) is 17.0. The van der Waals surface area contributed by atoms with Crippen LogP contribution in [0.1, 0.15) is 37.7 Å². The number of carbonyl (C=O) groups is 2. The molecule has 3 aromatic rings. The van der Waals surface area contributed by atoms with E-state index >= 15 is 0 Å². The van der Waals surface area contributed by atoms with Gasteiger partial charge in [0.25, 0.3) is 11.8 Å². The van der Waals surface area contributed by atoms with Gasteiger partial charge in [-0.15, -0.1) is 0 Å². The molecule has 0 unspecified atom stereocenters. The predicted molar refractivity (Wildman–Crippen MR) is 110 cm³/mol. The minimum absolute atomic E-state index is 0.0216. The second-order valence-electron chi connectivity index (χ2n) is 7.50. The number of benzene rings is 1. The Morgan fingerprint density at radius 1 is 0.897 bits per heavy atom. The number of aromatic nitrogens is 1. The van der Waals surface area contributed by atoms with Crippen molar-refractivity contribution in [2.24, 2.45) is 0 Å². The number of hydrogen-bond donors (Lipinski definition) is 0. The van der Waals surface area contributed by atoms with Crippen molar-refractivity contribution in [3.63, 3.8) is 0 Å². The van der Waals surface area contributed by atoms with E-state index in [1.165, 1.54) is 18.1 Å². The molecular formula is C23H25N3O3. The van der Waals surface area contributed by atoms with E-state index in [9.17, 15) is 9.59 Å². The van der Waals surface area contributed by atoms with Crippen LogP contribution in [-0.4, -0.2) is 52.4 Å². The van der Waals surface area contributed by atoms with Gasteiger partial charge in [0, 0.05) is 43.3 Å². The Kier molecular flexibility index (Phi) is 5.01. The molecule has 0 radical (unpaired) electrons. The lowest BCUT2D eigenvalue weighted by molar-refractivity contribution is 0.0534. The molecule has 2 amide bonds. The molecule has 0 atom stereocenters. The Morgan fingerprint density at radius 2 is 1.55 bits per heavy atom. The van der Waals surface area contributed by atoms with Crippen LogP contribution in [0.2, 0.25) is 0 Å². The normalized spacial score (nSPS) is 14.3. The number of aryl methyl sites for hydroxylation is 2. The standard InChI is InChI=1S/C23H25N3O3/c1-16-6-4-5-7-21(16)26-17(2)14-20(18(26)3)23(28)25-11-9-24(10-12-25)22(27)19-8-13-29-15-19/h4-8,13-15H,9-12H2,1-3H3. The van der Waals surface area contributed by atoms with E-state index in [2.05, 4.69) is 23.6 Å². The molecule has 4 rings (SSSR count). The number of piperazine rings is 1. The van der Waals surface area contributed by atoms with E-state index < -0.39 is 0 Å². The van der Waals surface area contributed by atoms with Crippen LogP contribution in [0.25, 0.3) is 5.69 Å². The molecule has 150 valence electrons. The van der Waals surface area contributed by atoms with E-state index in [4.69, 9.17) is 4.42 Å². The summed E-state index contributed by atoms with van der Waals surface area (Å²) in [6, 6.07) is 11.8. The first-order chi connectivity index (χ1) is 14.0. The monoisotopic (exact) mass is 391 g/mol. The van der Waals surface area contributed by atoms with Crippen LogP contribution in [0.3, 0.4) is 0 Å². The van der Waals surface area contributed by atoms with Crippen molar-refractivity contribution < 1.29 is 14.0 Å². The van der Waals surface area contributed by atoms with Gasteiger partial charge in [0.05, 0.1) is 17.4 Å². The Labute approximate surface area is 170 Å². The maximum absolute atomic E-state index is 13.2. The molecule has 1 aliphatic heterocycles. The summed E-state index contributed by atoms with van der Waals surface area (Å²) >= 11 is 0. The van der Waals surface area contributed by atoms with Crippen molar-refractivity contribution >= 4 is 11.8 Å². The van der Waals surface area contributed by atoms with Crippen molar-refractivity contribution in [1.82, 2.24) is 14.4 Å². The Morgan fingerprint density at radius 3 is 2.17 bits per heavy atom. The second kappa shape index (κ2) is 7.62. The predicted octanol–water partition coefficient (Wildman–Crippen LogP) is 3.59. The van der Waals surface area contributed by atoms with E-state index in [-0.39, 0.29) is 11.8 Å². The molecule has 0 spiro atoms. The average Bonchev–Trinajstić information content (AvgIpc) is 3.36. The highest BCUT2D eigenvalue weighted by atomic mass is 16.3. The molecule has 29 heavy (non-hydrogen) atoms. The van der Waals surface area contributed by atoms with Crippen molar-refractivity contribution in [1.29, 1.82) is 0 Å². The minimum atomic E-state index is -0.0522. The van der Waals surface area contributed by atoms with Gasteiger partial charge in [-0.2, -0.15) is 0 Å². The van der Waals surface area contributed by atoms with Gasteiger partial charge in [0.1, 0.15) is 6.26 Å². The van der Waals surface area contributed by atoms with Crippen LogP contribution in [0.5, 0.6) is 0 Å². The van der Waals surface area contributed by atoms with Crippen LogP contribution in [-0.2, 0) is 0 Å². The fourth-order valence-corrected chi connectivity index (χ4v) is 4.02. The summed E-state index contributed by atoms with van der Waals surface area (Å²) in [5, 5.41) is 0. The summed E-state index contributed by atoms with van der Waals surface area (Å²) in [6.07, 6.45) is 2.96. The van der Waals surface area contributed by atoms with Gasteiger partial charge in [0.15, 0.2) is 0 Å². The third-order valence-corrected chi connectivity index (χ3v) is 5.64. The van der Waals surface area contributed by atoms with Gasteiger partial charge in [0.2, 0.25) is 0 Å². The summed E-state index contributed by atoms with van der Waals surface area (Å²) in [4.78, 5) is 29.3. The van der Waals surface area contributed by atoms with Gasteiger partial charge in [-0.25, -0.2) is 0 Å². The van der Waals surface area contributed by atoms with Crippen molar-refractivity contribution in [3.8, 4) is 5.69 Å². The van der Waals surface area contributed by atoms with Gasteiger partial charge in [-0.3, -0.25) is 9.59 Å². The highest BCUT2D eigenvalue weighted by Gasteiger charge is 2.28. The van der Waals surface area contributed by atoms with Gasteiger partial charge in [-0.1, -0.05) is 18.2 Å². The lowest BCUT2D eigenvalue weighted by atomic mass is 10.1. The number of furan rings is 1. The van der Waals surface area contributed by atoms with E-state index in [0.717, 1.165) is 22.6 Å². The fraction of sp³-hybridized carbons (Fsp3) is 0.304. The topological polar surface area (TPSA) is 58.7 Å². The van der Waals surface area contributed by atoms with Crippen LogP contribution in [0, 0.1) is 20.8 Å². The molecule has 1 saturated heterocycles. The van der Waals surface area contributed by atoms with Crippen LogP contribution in [0.15, 0.2) is 53.3 Å². The smallest absolute Gasteiger partial charge is 0.257 e. The maximum atomic E-state index is 13.2. The Hall–Kier alpha value is -3.28. The number of rotatable bonds is 3. The van der Waals surface area contributed by atoms with E-state index in [1.807, 2.05) is 36.9 Å². The lowest BCUT2D eigenvalue weighted by Gasteiger charge is -2.34. The summed E-state index contributed by atoms with van der Waals surface area (Å²) in [5.74, 6) is -0.0306. The van der Waals surface area contributed by atoms with E-state index in [1.54, 1.807) is 11.0 Å². The summed E-state index contributed by atoms with van der Waals surface area (Å²) in [7, 11) is 0. The van der Waals surface area contributed by atoms with Gasteiger partial charge in [-0.05, 0) is 44.5 Å². The first-order valence-corrected chi connectivity index (χ1v) is 9.83. The SMILES string of the molecule is Cc1ccccc1-n1c(C)cc(C(=O)N2CCN(C(=O)c3ccoc3)CC2)c1C. The number of amides is 2. The largest absolute Gasteiger partial charge is 0.472 e. The molecule has 0 saturated carbocycles. The quantitative estimate of drug-likeness (QED) is 0.686. The van der Waals surface area contributed by atoms with Crippen molar-refractivity contribution in [3.05, 3.63) is 77.0 Å². The highest BCUT2D eigenvalue weighted by molar-refractivity contribution is 5.97. The molecule has 0 N–H and O–H groups in total. The van der Waals surface area contributed by atoms with Crippen molar-refractivity contribution in [2.45, 2.75) is 20.8 Å². The third kappa shape index (κ3) is 3.46. The van der Waals surface area contributed by atoms with Gasteiger partial charge < -0.3 is 18.8 Å². The van der Waals surface area contributed by atoms with Crippen LogP contribution >= 0.6 is 0 Å². The summed E-state index contributed by atoms with van der Waals surface area (Å²) < 4.78 is 7.14. The number of nitrogens with zero attached hydrogens (tertiary/aromatic N) is 3. The van der Waals surface area contributed by atoms with Gasteiger partial charge >= 0.3 is 0 Å². The van der Waals surface area contributed by atoms with E-state index in [0.29, 0.717) is 31.7 Å². The zero-order valence-electron chi connectivity index (χ0n) is 17.0. The fourth-order valence-electron chi connectivity index (χ4n) is 4.02. The number of para-hydroxylation sites is 1. The Balaban J connectivity index is 1.51. The van der Waals surface area contributed by atoms with Crippen LogP contribution in [0.4, 0.5) is 0 Å². The first-order valence-electron chi connectivity index (χ1n) is 9.83. The second-order valence-corrected chi connectivity index (χ2v) is 7.50. The molecule has 6 nitrogen and oxygen atoms in total. The van der Waals surface area contributed by atoms with Crippen LogP contribution < -0.4 is 0 Å². The lowest BCUT2D eigenvalue weighted by Crippen LogP contribution is -2.50. The summed E-state index contributed by atoms with van der Waals surface area (Å²) in [5.41, 5.74) is 5.51. The Bertz CT molecular complexity index is 1040. The first kappa shape index (κ1) is 19.1.